The molecule has 1 aliphatic carbocycles. The Hall–Kier alpha value is -0.640. The van der Waals surface area contributed by atoms with E-state index < -0.39 is 11.6 Å². The summed E-state index contributed by atoms with van der Waals surface area (Å²) in [5.41, 5.74) is -1.76. The van der Waals surface area contributed by atoms with Crippen LogP contribution in [0.4, 0.5) is 4.39 Å². The van der Waals surface area contributed by atoms with E-state index in [1.165, 1.54) is 0 Å². The molecule has 0 radical (unpaired) electrons. The normalized spacial score (nSPS) is 43.8. The molecule has 2 aliphatic rings. The number of alkyl halides is 1. The Kier molecular flexibility index (Phi) is 1.61. The van der Waals surface area contributed by atoms with Gasteiger partial charge in [-0.25, -0.2) is 9.18 Å². The molecule has 2 rings (SSSR count). The molecule has 0 N–H and O–H groups in total. The van der Waals surface area contributed by atoms with E-state index in [2.05, 4.69) is 4.74 Å². The number of epoxide rings is 1. The Labute approximate surface area is 69.8 Å². The van der Waals surface area contributed by atoms with E-state index in [-0.39, 0.29) is 31.7 Å². The number of esters is 1. The number of halogens is 1. The molecule has 68 valence electrons. The van der Waals surface area contributed by atoms with Crippen LogP contribution in [0.5, 0.6) is 0 Å². The summed E-state index contributed by atoms with van der Waals surface area (Å²) in [6.07, 6.45) is 0.298. The van der Waals surface area contributed by atoms with Gasteiger partial charge in [0.2, 0.25) is 5.67 Å². The first-order valence-corrected chi connectivity index (χ1v) is 4.17. The summed E-state index contributed by atoms with van der Waals surface area (Å²) in [6.45, 7) is 1.91. The lowest BCUT2D eigenvalue weighted by atomic mass is 10.0. The molecule has 3 nitrogen and oxygen atoms in total. The zero-order valence-electron chi connectivity index (χ0n) is 6.88. The van der Waals surface area contributed by atoms with Gasteiger partial charge in [0.1, 0.15) is 0 Å². The standard InChI is InChI=1S/C8H11FO3/c1-2-11-7(10)8(9)3-5-6(4-8)12-5/h5-6H,2-4H2,1H3. The van der Waals surface area contributed by atoms with Crippen LogP contribution in [0.25, 0.3) is 0 Å². The van der Waals surface area contributed by atoms with Crippen molar-refractivity contribution in [2.24, 2.45) is 0 Å². The second kappa shape index (κ2) is 2.42. The number of ether oxygens (including phenoxy) is 2. The number of fused-ring (bicyclic) bond motifs is 1. The molecule has 1 saturated carbocycles. The summed E-state index contributed by atoms with van der Waals surface area (Å²) in [5, 5.41) is 0. The quantitative estimate of drug-likeness (QED) is 0.459. The summed E-state index contributed by atoms with van der Waals surface area (Å²) >= 11 is 0. The summed E-state index contributed by atoms with van der Waals surface area (Å²) in [6, 6.07) is 0. The van der Waals surface area contributed by atoms with Gasteiger partial charge in [-0.1, -0.05) is 0 Å². The van der Waals surface area contributed by atoms with Crippen molar-refractivity contribution in [3.8, 4) is 0 Å². The van der Waals surface area contributed by atoms with Crippen molar-refractivity contribution in [2.45, 2.75) is 37.6 Å². The van der Waals surface area contributed by atoms with Crippen LogP contribution in [-0.2, 0) is 14.3 Å². The minimum atomic E-state index is -1.76. The average molecular weight is 174 g/mol. The van der Waals surface area contributed by atoms with Crippen LogP contribution in [0.15, 0.2) is 0 Å². The number of carbonyl (C=O) groups excluding carboxylic acids is 1. The fourth-order valence-electron chi connectivity index (χ4n) is 1.69. The molecule has 1 heterocycles. The van der Waals surface area contributed by atoms with Gasteiger partial charge >= 0.3 is 5.97 Å². The lowest BCUT2D eigenvalue weighted by Crippen LogP contribution is -2.34. The van der Waals surface area contributed by atoms with Crippen molar-refractivity contribution < 1.29 is 18.7 Å². The summed E-state index contributed by atoms with van der Waals surface area (Å²) in [5.74, 6) is -0.721. The molecular formula is C8H11FO3. The van der Waals surface area contributed by atoms with E-state index in [0.717, 1.165) is 0 Å². The van der Waals surface area contributed by atoms with Gasteiger partial charge in [0.25, 0.3) is 0 Å². The number of rotatable bonds is 2. The van der Waals surface area contributed by atoms with E-state index in [4.69, 9.17) is 4.74 Å². The van der Waals surface area contributed by atoms with Crippen LogP contribution in [0, 0.1) is 0 Å². The summed E-state index contributed by atoms with van der Waals surface area (Å²) < 4.78 is 23.3. The monoisotopic (exact) mass is 174 g/mol. The Bertz CT molecular complexity index is 206. The van der Waals surface area contributed by atoms with Crippen LogP contribution in [0.3, 0.4) is 0 Å². The highest BCUT2D eigenvalue weighted by Crippen LogP contribution is 2.47. The predicted molar refractivity (Wildman–Crippen MR) is 38.4 cm³/mol. The van der Waals surface area contributed by atoms with Crippen molar-refractivity contribution >= 4 is 5.97 Å². The van der Waals surface area contributed by atoms with Gasteiger partial charge < -0.3 is 9.47 Å². The SMILES string of the molecule is CCOC(=O)C1(F)CC2OC2C1. The lowest BCUT2D eigenvalue weighted by molar-refractivity contribution is -0.158. The third kappa shape index (κ3) is 1.10. The number of hydrogen-bond acceptors (Lipinski definition) is 3. The molecule has 0 spiro atoms. The Morgan fingerprint density at radius 1 is 1.67 bits per heavy atom. The predicted octanol–water partition coefficient (Wildman–Crippen LogP) is 0.819. The molecule has 1 aliphatic heterocycles. The Morgan fingerprint density at radius 3 is 2.75 bits per heavy atom. The molecular weight excluding hydrogens is 163 g/mol. The van der Waals surface area contributed by atoms with Gasteiger partial charge in [-0.15, -0.1) is 0 Å². The van der Waals surface area contributed by atoms with E-state index in [1.54, 1.807) is 6.92 Å². The van der Waals surface area contributed by atoms with Crippen LogP contribution in [0.2, 0.25) is 0 Å². The highest BCUT2D eigenvalue weighted by molar-refractivity contribution is 5.80. The molecule has 0 bridgehead atoms. The molecule has 2 fully saturated rings. The molecule has 0 aromatic heterocycles. The molecule has 0 aromatic carbocycles. The van der Waals surface area contributed by atoms with Crippen LogP contribution < -0.4 is 0 Å². The van der Waals surface area contributed by atoms with Crippen molar-refractivity contribution in [1.29, 1.82) is 0 Å². The smallest absolute Gasteiger partial charge is 0.344 e. The van der Waals surface area contributed by atoms with Crippen molar-refractivity contribution in [1.82, 2.24) is 0 Å². The fourth-order valence-corrected chi connectivity index (χ4v) is 1.69. The van der Waals surface area contributed by atoms with Crippen molar-refractivity contribution in [3.63, 3.8) is 0 Å². The number of hydrogen-bond donors (Lipinski definition) is 0. The molecule has 2 unspecified atom stereocenters. The second-order valence-electron chi connectivity index (χ2n) is 3.31. The first kappa shape index (κ1) is 7.98. The molecule has 0 aromatic rings. The van der Waals surface area contributed by atoms with E-state index in [9.17, 15) is 9.18 Å². The summed E-state index contributed by atoms with van der Waals surface area (Å²) in [4.78, 5) is 11.1. The van der Waals surface area contributed by atoms with Gasteiger partial charge in [0, 0.05) is 12.8 Å². The van der Waals surface area contributed by atoms with E-state index in [0.29, 0.717) is 0 Å². The second-order valence-corrected chi connectivity index (χ2v) is 3.31. The van der Waals surface area contributed by atoms with Crippen LogP contribution in [-0.4, -0.2) is 30.5 Å². The van der Waals surface area contributed by atoms with Crippen molar-refractivity contribution in [3.05, 3.63) is 0 Å². The molecule has 4 heteroatoms. The maximum Gasteiger partial charge on any atom is 0.344 e. The van der Waals surface area contributed by atoms with E-state index >= 15 is 0 Å². The highest BCUT2D eigenvalue weighted by atomic mass is 19.1. The minimum absolute atomic E-state index is 0.0283. The van der Waals surface area contributed by atoms with Gasteiger partial charge in [-0.3, -0.25) is 0 Å². The maximum atomic E-state index is 13.6. The summed E-state index contributed by atoms with van der Waals surface area (Å²) in [7, 11) is 0. The lowest BCUT2D eigenvalue weighted by Gasteiger charge is -2.17. The fraction of sp³-hybridized carbons (Fsp3) is 0.875. The molecule has 2 atom stereocenters. The third-order valence-corrected chi connectivity index (χ3v) is 2.38. The van der Waals surface area contributed by atoms with Gasteiger partial charge in [-0.2, -0.15) is 0 Å². The minimum Gasteiger partial charge on any atom is -0.464 e. The van der Waals surface area contributed by atoms with Crippen LogP contribution >= 0.6 is 0 Å². The maximum absolute atomic E-state index is 13.6. The molecule has 0 amide bonds. The topological polar surface area (TPSA) is 38.8 Å². The first-order chi connectivity index (χ1) is 5.65. The zero-order valence-corrected chi connectivity index (χ0v) is 6.88. The van der Waals surface area contributed by atoms with Gasteiger partial charge in [-0.05, 0) is 6.92 Å². The van der Waals surface area contributed by atoms with Gasteiger partial charge in [0.15, 0.2) is 0 Å². The highest BCUT2D eigenvalue weighted by Gasteiger charge is 2.60. The van der Waals surface area contributed by atoms with Crippen molar-refractivity contribution in [2.75, 3.05) is 6.61 Å². The van der Waals surface area contributed by atoms with Gasteiger partial charge in [0.05, 0.1) is 18.8 Å². The largest absolute Gasteiger partial charge is 0.464 e. The van der Waals surface area contributed by atoms with E-state index in [1.807, 2.05) is 0 Å². The first-order valence-electron chi connectivity index (χ1n) is 4.17. The molecule has 1 saturated heterocycles. The van der Waals surface area contributed by atoms with Crippen LogP contribution in [0.1, 0.15) is 19.8 Å². The number of carbonyl (C=O) groups is 1. The third-order valence-electron chi connectivity index (χ3n) is 2.38. The molecule has 12 heavy (non-hydrogen) atoms. The Balaban J connectivity index is 1.97. The zero-order chi connectivity index (χ0) is 8.77. The average Bonchev–Trinajstić information content (AvgIpc) is 2.61. The Morgan fingerprint density at radius 2 is 2.25 bits per heavy atom.